The van der Waals surface area contributed by atoms with Crippen LogP contribution >= 0.6 is 11.6 Å². The largest absolute Gasteiger partial charge is 0.449 e. The van der Waals surface area contributed by atoms with Gasteiger partial charge in [0.25, 0.3) is 0 Å². The van der Waals surface area contributed by atoms with E-state index in [0.717, 1.165) is 5.56 Å². The van der Waals surface area contributed by atoms with Crippen molar-refractivity contribution in [1.29, 1.82) is 0 Å². The Kier molecular flexibility index (Phi) is 5.23. The zero-order valence-electron chi connectivity index (χ0n) is 13.1. The van der Waals surface area contributed by atoms with E-state index in [1.165, 1.54) is 0 Å². The molecule has 2 rings (SSSR count). The van der Waals surface area contributed by atoms with Crippen LogP contribution < -0.4 is 4.90 Å². The monoisotopic (exact) mass is 350 g/mol. The molecule has 1 aromatic carbocycles. The molecule has 1 heterocycles. The molecular formula is C15H18ClF3N2O2. The second-order valence-electron chi connectivity index (χ2n) is 5.22. The third-order valence-corrected chi connectivity index (χ3v) is 4.03. The van der Waals surface area contributed by atoms with Crippen molar-refractivity contribution in [1.82, 2.24) is 0 Å². The molecule has 1 aromatic rings. The highest BCUT2D eigenvalue weighted by atomic mass is 35.5. The number of aliphatic imine (C=N–C) groups is 1. The highest BCUT2D eigenvalue weighted by Crippen LogP contribution is 2.38. The van der Waals surface area contributed by atoms with Crippen molar-refractivity contribution >= 4 is 29.2 Å². The highest BCUT2D eigenvalue weighted by molar-refractivity contribution is 6.31. The Bertz CT molecular complexity index is 599. The molecule has 0 amide bonds. The van der Waals surface area contributed by atoms with E-state index in [4.69, 9.17) is 21.1 Å². The van der Waals surface area contributed by atoms with Crippen LogP contribution in [0.15, 0.2) is 17.1 Å². The summed E-state index contributed by atoms with van der Waals surface area (Å²) in [6.07, 6.45) is -4.03. The standard InChI is InChI=1S/C15H18ClF3N2O2/c1-4-21(3)13-8-11(16)10(2)7-12(13)20-9-14(15(17,18)19)22-5-6-23-14/h7-9H,4-6H2,1-3H3. The molecule has 1 saturated heterocycles. The van der Waals surface area contributed by atoms with Crippen molar-refractivity contribution < 1.29 is 22.6 Å². The molecule has 8 heteroatoms. The predicted octanol–water partition coefficient (Wildman–Crippen LogP) is 4.11. The lowest BCUT2D eigenvalue weighted by Crippen LogP contribution is -2.47. The summed E-state index contributed by atoms with van der Waals surface area (Å²) in [5.74, 6) is -2.79. The molecule has 0 aliphatic carbocycles. The average Bonchev–Trinajstić information content (AvgIpc) is 2.97. The van der Waals surface area contributed by atoms with Crippen LogP contribution in [-0.2, 0) is 9.47 Å². The van der Waals surface area contributed by atoms with E-state index in [9.17, 15) is 13.2 Å². The first-order valence-electron chi connectivity index (χ1n) is 7.11. The topological polar surface area (TPSA) is 34.1 Å². The van der Waals surface area contributed by atoms with Gasteiger partial charge in [-0.25, -0.2) is 0 Å². The van der Waals surface area contributed by atoms with Gasteiger partial charge in [0.2, 0.25) is 0 Å². The number of benzene rings is 1. The van der Waals surface area contributed by atoms with Crippen LogP contribution in [0.25, 0.3) is 0 Å². The van der Waals surface area contributed by atoms with Gasteiger partial charge in [0.15, 0.2) is 0 Å². The summed E-state index contributed by atoms with van der Waals surface area (Å²) >= 11 is 6.11. The third kappa shape index (κ3) is 3.62. The van der Waals surface area contributed by atoms with Gasteiger partial charge in [-0.2, -0.15) is 13.2 Å². The lowest BCUT2D eigenvalue weighted by Gasteiger charge is -2.25. The van der Waals surface area contributed by atoms with Crippen molar-refractivity contribution in [2.75, 3.05) is 31.7 Å². The van der Waals surface area contributed by atoms with Gasteiger partial charge in [0.1, 0.15) is 0 Å². The molecule has 1 aliphatic heterocycles. The summed E-state index contributed by atoms with van der Waals surface area (Å²) in [6, 6.07) is 3.32. The number of ether oxygens (including phenoxy) is 2. The molecule has 0 radical (unpaired) electrons. The van der Waals surface area contributed by atoms with Crippen LogP contribution in [0.5, 0.6) is 0 Å². The maximum Gasteiger partial charge on any atom is 0.449 e. The van der Waals surface area contributed by atoms with Crippen LogP contribution in [0.2, 0.25) is 5.02 Å². The van der Waals surface area contributed by atoms with Crippen LogP contribution in [0.1, 0.15) is 12.5 Å². The van der Waals surface area contributed by atoms with Crippen LogP contribution in [0.4, 0.5) is 24.5 Å². The molecule has 0 bridgehead atoms. The molecule has 23 heavy (non-hydrogen) atoms. The molecule has 0 spiro atoms. The smallest absolute Gasteiger partial charge is 0.373 e. The maximum absolute atomic E-state index is 13.2. The Hall–Kier alpha value is -1.31. The summed E-state index contributed by atoms with van der Waals surface area (Å²) in [6.45, 7) is 4.07. The highest BCUT2D eigenvalue weighted by Gasteiger charge is 2.59. The van der Waals surface area contributed by atoms with Gasteiger partial charge >= 0.3 is 12.0 Å². The van der Waals surface area contributed by atoms with Gasteiger partial charge in [-0.15, -0.1) is 0 Å². The Morgan fingerprint density at radius 1 is 1.35 bits per heavy atom. The molecule has 4 nitrogen and oxygen atoms in total. The average molecular weight is 351 g/mol. The quantitative estimate of drug-likeness (QED) is 0.766. The van der Waals surface area contributed by atoms with Crippen molar-refractivity contribution in [2.45, 2.75) is 25.8 Å². The number of hydrogen-bond donors (Lipinski definition) is 0. The Morgan fingerprint density at radius 2 is 1.96 bits per heavy atom. The second-order valence-corrected chi connectivity index (χ2v) is 5.63. The van der Waals surface area contributed by atoms with E-state index >= 15 is 0 Å². The molecule has 128 valence electrons. The number of aryl methyl sites for hydroxylation is 1. The number of rotatable bonds is 4. The molecule has 0 N–H and O–H groups in total. The van der Waals surface area contributed by atoms with E-state index < -0.39 is 12.0 Å². The van der Waals surface area contributed by atoms with Crippen LogP contribution in [-0.4, -0.2) is 45.0 Å². The lowest BCUT2D eigenvalue weighted by atomic mass is 10.1. The van der Waals surface area contributed by atoms with Crippen molar-refractivity contribution in [2.24, 2.45) is 4.99 Å². The van der Waals surface area contributed by atoms with Gasteiger partial charge in [-0.05, 0) is 31.5 Å². The number of hydrogen-bond acceptors (Lipinski definition) is 4. The van der Waals surface area contributed by atoms with Gasteiger partial charge in [-0.1, -0.05) is 11.6 Å². The van der Waals surface area contributed by atoms with Crippen molar-refractivity contribution in [3.63, 3.8) is 0 Å². The Balaban J connectivity index is 2.44. The molecule has 0 atom stereocenters. The predicted molar refractivity (Wildman–Crippen MR) is 84.0 cm³/mol. The molecular weight excluding hydrogens is 333 g/mol. The van der Waals surface area contributed by atoms with Crippen LogP contribution in [0.3, 0.4) is 0 Å². The zero-order chi connectivity index (χ0) is 17.3. The fourth-order valence-corrected chi connectivity index (χ4v) is 2.29. The first-order chi connectivity index (χ1) is 10.7. The molecule has 0 saturated carbocycles. The summed E-state index contributed by atoms with van der Waals surface area (Å²) in [4.78, 5) is 5.84. The lowest BCUT2D eigenvalue weighted by molar-refractivity contribution is -0.305. The Morgan fingerprint density at radius 3 is 2.48 bits per heavy atom. The van der Waals surface area contributed by atoms with E-state index in [1.54, 1.807) is 19.1 Å². The maximum atomic E-state index is 13.2. The first-order valence-corrected chi connectivity index (χ1v) is 7.49. The minimum absolute atomic E-state index is 0.132. The van der Waals surface area contributed by atoms with Gasteiger partial charge in [0, 0.05) is 18.6 Å². The van der Waals surface area contributed by atoms with E-state index in [2.05, 4.69) is 4.99 Å². The normalized spacial score (nSPS) is 17.9. The third-order valence-electron chi connectivity index (χ3n) is 3.63. The summed E-state index contributed by atoms with van der Waals surface area (Å²) in [5, 5.41) is 0.526. The van der Waals surface area contributed by atoms with E-state index in [-0.39, 0.29) is 13.2 Å². The summed E-state index contributed by atoms with van der Waals surface area (Å²) in [5.41, 5.74) is 1.73. The van der Waals surface area contributed by atoms with E-state index in [1.807, 2.05) is 18.9 Å². The fraction of sp³-hybridized carbons (Fsp3) is 0.533. The Labute approximate surface area is 137 Å². The molecule has 0 aromatic heterocycles. The molecule has 1 aliphatic rings. The van der Waals surface area contributed by atoms with Gasteiger partial charge < -0.3 is 14.4 Å². The molecule has 1 fully saturated rings. The summed E-state index contributed by atoms with van der Waals surface area (Å²) < 4.78 is 49.2. The second kappa shape index (κ2) is 6.67. The first kappa shape index (κ1) is 18.0. The van der Waals surface area contributed by atoms with Crippen molar-refractivity contribution in [3.8, 4) is 0 Å². The van der Waals surface area contributed by atoms with Gasteiger partial charge in [0.05, 0.1) is 30.8 Å². The number of alkyl halides is 3. The fourth-order valence-electron chi connectivity index (χ4n) is 2.13. The van der Waals surface area contributed by atoms with E-state index in [0.29, 0.717) is 29.2 Å². The zero-order valence-corrected chi connectivity index (χ0v) is 13.8. The van der Waals surface area contributed by atoms with Gasteiger partial charge in [-0.3, -0.25) is 4.99 Å². The van der Waals surface area contributed by atoms with Crippen LogP contribution in [0, 0.1) is 6.92 Å². The SMILES string of the molecule is CCN(C)c1cc(Cl)c(C)cc1N=CC1(C(F)(F)F)OCCO1. The number of anilines is 1. The number of nitrogens with zero attached hydrogens (tertiary/aromatic N) is 2. The minimum atomic E-state index is -4.70. The number of halogens is 4. The minimum Gasteiger partial charge on any atom is -0.373 e. The molecule has 0 unspecified atom stereocenters. The van der Waals surface area contributed by atoms with Crippen molar-refractivity contribution in [3.05, 3.63) is 22.7 Å². The summed E-state index contributed by atoms with van der Waals surface area (Å²) in [7, 11) is 1.81.